The second-order valence-electron chi connectivity index (χ2n) is 8.09. The van der Waals surface area contributed by atoms with Crippen LogP contribution < -0.4 is 5.32 Å². The van der Waals surface area contributed by atoms with Crippen LogP contribution in [-0.4, -0.2) is 29.5 Å². The number of nitrogens with zero attached hydrogens (tertiary/aromatic N) is 2. The van der Waals surface area contributed by atoms with Crippen molar-refractivity contribution in [3.8, 4) is 0 Å². The number of hydrogen-bond acceptors (Lipinski definition) is 6. The number of pyridine rings is 1. The van der Waals surface area contributed by atoms with Crippen LogP contribution >= 0.6 is 0 Å². The number of benzene rings is 3. The number of carbonyl (C=O) groups excluding carboxylic acids is 1. The Morgan fingerprint density at radius 1 is 0.943 bits per heavy atom. The molecule has 0 bridgehead atoms. The van der Waals surface area contributed by atoms with Gasteiger partial charge in [-0.25, -0.2) is 13.4 Å². The lowest BCUT2D eigenvalue weighted by Crippen LogP contribution is -2.22. The SMILES string of the molecule is O=C(NCc1ccc(S(=O)(=O)c2cccc3c2oc2ccccc23)cc1)c1cnc2[nH]ncc2c1. The number of furan rings is 1. The molecule has 0 spiro atoms. The third-order valence-electron chi connectivity index (χ3n) is 5.90. The van der Waals surface area contributed by atoms with Crippen LogP contribution in [0.4, 0.5) is 0 Å². The largest absolute Gasteiger partial charge is 0.455 e. The van der Waals surface area contributed by atoms with E-state index in [1.807, 2.05) is 30.3 Å². The van der Waals surface area contributed by atoms with Crippen molar-refractivity contribution < 1.29 is 17.6 Å². The van der Waals surface area contributed by atoms with Crippen LogP contribution in [0.5, 0.6) is 0 Å². The van der Waals surface area contributed by atoms with E-state index in [1.54, 1.807) is 36.5 Å². The van der Waals surface area contributed by atoms with Crippen molar-refractivity contribution in [1.82, 2.24) is 20.5 Å². The van der Waals surface area contributed by atoms with Gasteiger partial charge in [0.1, 0.15) is 10.5 Å². The summed E-state index contributed by atoms with van der Waals surface area (Å²) < 4.78 is 32.8. The number of amides is 1. The molecule has 6 rings (SSSR count). The summed E-state index contributed by atoms with van der Waals surface area (Å²) >= 11 is 0. The van der Waals surface area contributed by atoms with E-state index >= 15 is 0 Å². The lowest BCUT2D eigenvalue weighted by Gasteiger charge is -2.08. The van der Waals surface area contributed by atoms with Crippen LogP contribution in [0.2, 0.25) is 0 Å². The van der Waals surface area contributed by atoms with Crippen molar-refractivity contribution in [2.45, 2.75) is 16.3 Å². The van der Waals surface area contributed by atoms with Gasteiger partial charge in [0.05, 0.1) is 16.7 Å². The normalized spacial score (nSPS) is 11.9. The van der Waals surface area contributed by atoms with Gasteiger partial charge in [-0.2, -0.15) is 5.10 Å². The Bertz CT molecular complexity index is 1840. The zero-order valence-corrected chi connectivity index (χ0v) is 19.0. The molecule has 1 amide bonds. The first-order valence-corrected chi connectivity index (χ1v) is 12.3. The van der Waals surface area contributed by atoms with Crippen molar-refractivity contribution in [2.75, 3.05) is 0 Å². The average Bonchev–Trinajstić information content (AvgIpc) is 3.51. The number of sulfone groups is 1. The first-order chi connectivity index (χ1) is 17.0. The maximum atomic E-state index is 13.4. The van der Waals surface area contributed by atoms with E-state index in [2.05, 4.69) is 20.5 Å². The van der Waals surface area contributed by atoms with Crippen LogP contribution in [0.15, 0.2) is 99.4 Å². The molecule has 8 nitrogen and oxygen atoms in total. The van der Waals surface area contributed by atoms with E-state index in [9.17, 15) is 13.2 Å². The van der Waals surface area contributed by atoms with Gasteiger partial charge in [0.25, 0.3) is 5.91 Å². The Morgan fingerprint density at radius 3 is 2.60 bits per heavy atom. The van der Waals surface area contributed by atoms with E-state index in [0.29, 0.717) is 22.4 Å². The predicted octanol–water partition coefficient (Wildman–Crippen LogP) is 4.62. The van der Waals surface area contributed by atoms with Crippen LogP contribution in [-0.2, 0) is 16.4 Å². The summed E-state index contributed by atoms with van der Waals surface area (Å²) in [5.74, 6) is -0.283. The number of hydrogen-bond donors (Lipinski definition) is 2. The van der Waals surface area contributed by atoms with E-state index in [0.717, 1.165) is 21.7 Å². The first kappa shape index (κ1) is 21.1. The Morgan fingerprint density at radius 2 is 1.74 bits per heavy atom. The summed E-state index contributed by atoms with van der Waals surface area (Å²) in [6.07, 6.45) is 3.08. The predicted molar refractivity (Wildman–Crippen MR) is 131 cm³/mol. The van der Waals surface area contributed by atoms with E-state index in [1.165, 1.54) is 18.3 Å². The Labute approximate surface area is 199 Å². The monoisotopic (exact) mass is 482 g/mol. The molecule has 3 heterocycles. The van der Waals surface area contributed by atoms with Gasteiger partial charge in [0, 0.05) is 28.9 Å². The highest BCUT2D eigenvalue weighted by molar-refractivity contribution is 7.91. The van der Waals surface area contributed by atoms with Gasteiger partial charge in [-0.1, -0.05) is 42.5 Å². The Kier molecular flexibility index (Phi) is 4.85. The molecule has 172 valence electrons. The van der Waals surface area contributed by atoms with Gasteiger partial charge in [-0.05, 0) is 35.9 Å². The van der Waals surface area contributed by atoms with Crippen LogP contribution in [0.1, 0.15) is 15.9 Å². The molecule has 3 aromatic heterocycles. The smallest absolute Gasteiger partial charge is 0.253 e. The maximum absolute atomic E-state index is 13.4. The van der Waals surface area contributed by atoms with Gasteiger partial charge in [0.2, 0.25) is 9.84 Å². The number of aromatic nitrogens is 3. The minimum absolute atomic E-state index is 0.120. The molecule has 0 saturated heterocycles. The summed E-state index contributed by atoms with van der Waals surface area (Å²) in [6, 6.07) is 20.7. The molecule has 35 heavy (non-hydrogen) atoms. The Balaban J connectivity index is 1.24. The lowest BCUT2D eigenvalue weighted by molar-refractivity contribution is 0.0950. The highest BCUT2D eigenvalue weighted by Crippen LogP contribution is 2.35. The fourth-order valence-electron chi connectivity index (χ4n) is 4.09. The second kappa shape index (κ2) is 8.07. The van der Waals surface area contributed by atoms with Crippen molar-refractivity contribution in [2.24, 2.45) is 0 Å². The highest BCUT2D eigenvalue weighted by atomic mass is 32.2. The third kappa shape index (κ3) is 3.62. The molecular weight excluding hydrogens is 464 g/mol. The number of nitrogens with one attached hydrogen (secondary N) is 2. The lowest BCUT2D eigenvalue weighted by atomic mass is 10.1. The van der Waals surface area contributed by atoms with Gasteiger partial charge in [-0.15, -0.1) is 0 Å². The zero-order valence-electron chi connectivity index (χ0n) is 18.2. The van der Waals surface area contributed by atoms with Gasteiger partial charge in [-0.3, -0.25) is 9.89 Å². The van der Waals surface area contributed by atoms with Crippen molar-refractivity contribution in [3.63, 3.8) is 0 Å². The van der Waals surface area contributed by atoms with Crippen molar-refractivity contribution in [1.29, 1.82) is 0 Å². The Hall–Kier alpha value is -4.50. The first-order valence-electron chi connectivity index (χ1n) is 10.8. The number of H-pyrrole nitrogens is 1. The molecule has 0 saturated carbocycles. The quantitative estimate of drug-likeness (QED) is 0.370. The molecule has 0 radical (unpaired) electrons. The van der Waals surface area contributed by atoms with Crippen LogP contribution in [0.3, 0.4) is 0 Å². The molecule has 3 aromatic carbocycles. The maximum Gasteiger partial charge on any atom is 0.253 e. The van der Waals surface area contributed by atoms with E-state index in [4.69, 9.17) is 4.42 Å². The molecule has 0 aliphatic carbocycles. The van der Waals surface area contributed by atoms with Crippen LogP contribution in [0.25, 0.3) is 33.0 Å². The molecule has 0 fully saturated rings. The third-order valence-corrected chi connectivity index (χ3v) is 7.69. The summed E-state index contributed by atoms with van der Waals surface area (Å²) in [5.41, 5.74) is 2.76. The molecule has 0 aliphatic rings. The summed E-state index contributed by atoms with van der Waals surface area (Å²) in [5, 5.41) is 11.8. The summed E-state index contributed by atoms with van der Waals surface area (Å²) in [7, 11) is -3.82. The molecule has 2 N–H and O–H groups in total. The molecule has 0 aliphatic heterocycles. The van der Waals surface area contributed by atoms with Gasteiger partial charge in [0.15, 0.2) is 11.2 Å². The summed E-state index contributed by atoms with van der Waals surface area (Å²) in [4.78, 5) is 16.9. The van der Waals surface area contributed by atoms with Gasteiger partial charge < -0.3 is 9.73 Å². The zero-order chi connectivity index (χ0) is 24.0. The topological polar surface area (TPSA) is 118 Å². The van der Waals surface area contributed by atoms with E-state index < -0.39 is 9.84 Å². The minimum Gasteiger partial charge on any atom is -0.455 e. The molecule has 0 atom stereocenters. The molecule has 6 aromatic rings. The number of para-hydroxylation sites is 2. The fourth-order valence-corrected chi connectivity index (χ4v) is 5.49. The number of aromatic amines is 1. The second-order valence-corrected chi connectivity index (χ2v) is 10.0. The highest BCUT2D eigenvalue weighted by Gasteiger charge is 2.23. The van der Waals surface area contributed by atoms with Gasteiger partial charge >= 0.3 is 0 Å². The number of rotatable bonds is 5. The van der Waals surface area contributed by atoms with Crippen LogP contribution in [0, 0.1) is 0 Å². The molecular formula is C26H18N4O4S. The van der Waals surface area contributed by atoms with Crippen molar-refractivity contribution >= 4 is 48.7 Å². The van der Waals surface area contributed by atoms with Crippen molar-refractivity contribution in [3.05, 3.63) is 96.3 Å². The standard InChI is InChI=1S/C26H18N4O4S/c31-26(18-12-17-15-29-30-25(17)27-14-18)28-13-16-8-10-19(11-9-16)35(32,33)23-7-3-5-21-20-4-1-2-6-22(20)34-24(21)23/h1-12,14-15H,13H2,(H,28,31)(H,27,29,30). The number of fused-ring (bicyclic) bond motifs is 4. The minimum atomic E-state index is -3.82. The molecule has 0 unspecified atom stereocenters. The summed E-state index contributed by atoms with van der Waals surface area (Å²) in [6.45, 7) is 0.238. The average molecular weight is 483 g/mol. The number of carbonyl (C=O) groups is 1. The molecule has 9 heteroatoms. The fraction of sp³-hybridized carbons (Fsp3) is 0.0385. The van der Waals surface area contributed by atoms with E-state index in [-0.39, 0.29) is 22.2 Å².